The van der Waals surface area contributed by atoms with E-state index in [1.54, 1.807) is 18.7 Å². The molecule has 1 aliphatic carbocycles. The molecule has 2 unspecified atom stereocenters. The Balaban J connectivity index is 1.97. The van der Waals surface area contributed by atoms with Gasteiger partial charge in [0.1, 0.15) is 0 Å². The van der Waals surface area contributed by atoms with Gasteiger partial charge < -0.3 is 9.64 Å². The quantitative estimate of drug-likeness (QED) is 0.727. The van der Waals surface area contributed by atoms with Crippen LogP contribution in [0.25, 0.3) is 0 Å². The SMILES string of the molecule is CCS(=O)(=O)NC1CCCN(C(C)=O)C1COC1CCC(C(C)C)CC1. The molecule has 6 nitrogen and oxygen atoms in total. The number of nitrogens with one attached hydrogen (secondary N) is 1. The van der Waals surface area contributed by atoms with E-state index in [2.05, 4.69) is 18.6 Å². The highest BCUT2D eigenvalue weighted by Gasteiger charge is 2.36. The Kier molecular flexibility index (Phi) is 7.91. The molecule has 2 fully saturated rings. The molecular formula is C19H36N2O4S. The van der Waals surface area contributed by atoms with Crippen LogP contribution in [0.5, 0.6) is 0 Å². The van der Waals surface area contributed by atoms with Crippen molar-refractivity contribution in [3.05, 3.63) is 0 Å². The highest BCUT2D eigenvalue weighted by Crippen LogP contribution is 2.31. The first-order valence-corrected chi connectivity index (χ1v) is 11.8. The third-order valence-corrected chi connectivity index (χ3v) is 7.48. The molecule has 0 aromatic rings. The molecule has 0 spiro atoms. The van der Waals surface area contributed by atoms with E-state index < -0.39 is 10.0 Å². The van der Waals surface area contributed by atoms with Crippen LogP contribution in [-0.2, 0) is 19.6 Å². The van der Waals surface area contributed by atoms with Crippen LogP contribution >= 0.6 is 0 Å². The normalized spacial score (nSPS) is 30.6. The van der Waals surface area contributed by atoms with E-state index in [-0.39, 0.29) is 29.8 Å². The van der Waals surface area contributed by atoms with E-state index in [1.807, 2.05) is 0 Å². The largest absolute Gasteiger partial charge is 0.376 e. The van der Waals surface area contributed by atoms with E-state index in [4.69, 9.17) is 4.74 Å². The van der Waals surface area contributed by atoms with Gasteiger partial charge in [0.2, 0.25) is 15.9 Å². The van der Waals surface area contributed by atoms with Gasteiger partial charge >= 0.3 is 0 Å². The Bertz CT molecular complexity index is 556. The molecule has 7 heteroatoms. The monoisotopic (exact) mass is 388 g/mol. The zero-order chi connectivity index (χ0) is 19.3. The predicted molar refractivity (Wildman–Crippen MR) is 103 cm³/mol. The molecule has 0 aromatic heterocycles. The van der Waals surface area contributed by atoms with E-state index in [0.29, 0.717) is 13.2 Å². The van der Waals surface area contributed by atoms with Gasteiger partial charge in [0, 0.05) is 19.5 Å². The number of sulfonamides is 1. The zero-order valence-electron chi connectivity index (χ0n) is 16.7. The Morgan fingerprint density at radius 1 is 1.19 bits per heavy atom. The van der Waals surface area contributed by atoms with Crippen LogP contribution < -0.4 is 4.72 Å². The summed E-state index contributed by atoms with van der Waals surface area (Å²) in [5.74, 6) is 1.54. The number of carbonyl (C=O) groups is 1. The van der Waals surface area contributed by atoms with Gasteiger partial charge in [-0.15, -0.1) is 0 Å². The van der Waals surface area contributed by atoms with Crippen LogP contribution in [0.15, 0.2) is 0 Å². The van der Waals surface area contributed by atoms with Gasteiger partial charge in [-0.3, -0.25) is 4.79 Å². The summed E-state index contributed by atoms with van der Waals surface area (Å²) in [6, 6.07) is -0.477. The molecule has 2 rings (SSSR count). The third kappa shape index (κ3) is 5.92. The maximum Gasteiger partial charge on any atom is 0.219 e. The Labute approximate surface area is 159 Å². The molecule has 0 radical (unpaired) electrons. The van der Waals surface area contributed by atoms with E-state index in [1.165, 1.54) is 12.8 Å². The zero-order valence-corrected chi connectivity index (χ0v) is 17.6. The van der Waals surface area contributed by atoms with Crippen LogP contribution in [0.3, 0.4) is 0 Å². The molecule has 152 valence electrons. The first-order valence-electron chi connectivity index (χ1n) is 10.1. The van der Waals surface area contributed by atoms with Crippen LogP contribution in [0.1, 0.15) is 66.2 Å². The summed E-state index contributed by atoms with van der Waals surface area (Å²) in [5.41, 5.74) is 0. The molecule has 1 amide bonds. The highest BCUT2D eigenvalue weighted by molar-refractivity contribution is 7.89. The summed E-state index contributed by atoms with van der Waals surface area (Å²) in [4.78, 5) is 13.8. The second-order valence-corrected chi connectivity index (χ2v) is 10.2. The number of likely N-dealkylation sites (tertiary alicyclic amines) is 1. The molecule has 1 saturated carbocycles. The molecule has 0 bridgehead atoms. The lowest BCUT2D eigenvalue weighted by atomic mass is 9.80. The summed E-state index contributed by atoms with van der Waals surface area (Å²) in [5, 5.41) is 0. The number of nitrogens with zero attached hydrogens (tertiary/aromatic N) is 1. The number of amides is 1. The summed E-state index contributed by atoms with van der Waals surface area (Å²) in [7, 11) is -3.30. The van der Waals surface area contributed by atoms with Crippen molar-refractivity contribution in [3.8, 4) is 0 Å². The summed E-state index contributed by atoms with van der Waals surface area (Å²) in [6.07, 6.45) is 6.28. The van der Waals surface area contributed by atoms with Crippen molar-refractivity contribution < 1.29 is 17.9 Å². The van der Waals surface area contributed by atoms with E-state index in [0.717, 1.165) is 37.5 Å². The van der Waals surface area contributed by atoms with Crippen molar-refractivity contribution in [3.63, 3.8) is 0 Å². The fourth-order valence-electron chi connectivity index (χ4n) is 4.26. The van der Waals surface area contributed by atoms with Gasteiger partial charge in [0.05, 0.1) is 24.5 Å². The summed E-state index contributed by atoms with van der Waals surface area (Å²) >= 11 is 0. The second-order valence-electron chi connectivity index (χ2n) is 8.16. The number of piperidine rings is 1. The van der Waals surface area contributed by atoms with Gasteiger partial charge in [-0.25, -0.2) is 13.1 Å². The minimum Gasteiger partial charge on any atom is -0.376 e. The first-order chi connectivity index (χ1) is 12.2. The lowest BCUT2D eigenvalue weighted by Crippen LogP contribution is -2.58. The minimum atomic E-state index is -3.30. The standard InChI is InChI=1S/C19H36N2O4S/c1-5-26(23,24)20-18-7-6-12-21(15(4)22)19(18)13-25-17-10-8-16(9-11-17)14(2)3/h14,16-20H,5-13H2,1-4H3. The fourth-order valence-corrected chi connectivity index (χ4v) is 5.16. The number of carbonyl (C=O) groups excluding carboxylic acids is 1. The second kappa shape index (κ2) is 9.51. The van der Waals surface area contributed by atoms with Crippen molar-refractivity contribution >= 4 is 15.9 Å². The lowest BCUT2D eigenvalue weighted by Gasteiger charge is -2.42. The van der Waals surface area contributed by atoms with Crippen molar-refractivity contribution in [1.29, 1.82) is 0 Å². The number of rotatable bonds is 7. The van der Waals surface area contributed by atoms with Crippen molar-refractivity contribution in [1.82, 2.24) is 9.62 Å². The highest BCUT2D eigenvalue weighted by atomic mass is 32.2. The molecule has 2 aliphatic rings. The van der Waals surface area contributed by atoms with Crippen molar-refractivity contribution in [2.24, 2.45) is 11.8 Å². The molecule has 1 N–H and O–H groups in total. The first kappa shape index (κ1) is 21.6. The maximum absolute atomic E-state index is 12.1. The van der Waals surface area contributed by atoms with Gasteiger partial charge in [0.15, 0.2) is 0 Å². The third-order valence-electron chi connectivity index (χ3n) is 6.06. The van der Waals surface area contributed by atoms with Crippen LogP contribution in [-0.4, -0.2) is 56.3 Å². The molecule has 1 saturated heterocycles. The molecular weight excluding hydrogens is 352 g/mol. The van der Waals surface area contributed by atoms with Gasteiger partial charge in [0.25, 0.3) is 0 Å². The number of ether oxygens (including phenoxy) is 1. The van der Waals surface area contributed by atoms with Gasteiger partial charge in [-0.05, 0) is 57.3 Å². The smallest absolute Gasteiger partial charge is 0.219 e. The average Bonchev–Trinajstić information content (AvgIpc) is 2.60. The van der Waals surface area contributed by atoms with E-state index >= 15 is 0 Å². The molecule has 26 heavy (non-hydrogen) atoms. The minimum absolute atomic E-state index is 0.0116. The van der Waals surface area contributed by atoms with Crippen LogP contribution in [0.2, 0.25) is 0 Å². The predicted octanol–water partition coefficient (Wildman–Crippen LogP) is 2.54. The van der Waals surface area contributed by atoms with Gasteiger partial charge in [-0.2, -0.15) is 0 Å². The maximum atomic E-state index is 12.1. The Morgan fingerprint density at radius 2 is 1.85 bits per heavy atom. The topological polar surface area (TPSA) is 75.7 Å². The van der Waals surface area contributed by atoms with Crippen molar-refractivity contribution in [2.45, 2.75) is 84.4 Å². The van der Waals surface area contributed by atoms with Crippen molar-refractivity contribution in [2.75, 3.05) is 18.9 Å². The molecule has 2 atom stereocenters. The molecule has 1 heterocycles. The molecule has 1 aliphatic heterocycles. The number of hydrogen-bond donors (Lipinski definition) is 1. The van der Waals surface area contributed by atoms with Crippen LogP contribution in [0.4, 0.5) is 0 Å². The fraction of sp³-hybridized carbons (Fsp3) is 0.947. The summed E-state index contributed by atoms with van der Waals surface area (Å²) in [6.45, 7) is 8.83. The summed E-state index contributed by atoms with van der Waals surface area (Å²) < 4.78 is 33.0. The Morgan fingerprint density at radius 3 is 2.38 bits per heavy atom. The number of hydrogen-bond acceptors (Lipinski definition) is 4. The Hall–Kier alpha value is -0.660. The lowest BCUT2D eigenvalue weighted by molar-refractivity contribution is -0.136. The average molecular weight is 389 g/mol. The van der Waals surface area contributed by atoms with E-state index in [9.17, 15) is 13.2 Å². The van der Waals surface area contributed by atoms with Crippen LogP contribution in [0, 0.1) is 11.8 Å². The van der Waals surface area contributed by atoms with Gasteiger partial charge in [-0.1, -0.05) is 13.8 Å². The molecule has 0 aromatic carbocycles.